The fourth-order valence-electron chi connectivity index (χ4n) is 3.81. The number of piperazine rings is 1. The Labute approximate surface area is 168 Å². The van der Waals surface area contributed by atoms with E-state index in [1.165, 1.54) is 11.6 Å². The van der Waals surface area contributed by atoms with Gasteiger partial charge in [-0.15, -0.1) is 0 Å². The highest BCUT2D eigenvalue weighted by Gasteiger charge is 2.46. The Bertz CT molecular complexity index is 814. The standard InChI is InChI=1S/C21H21Cl2FN2O/c22-15-6-4-14(5-7-15)16-12-17(16)21(27)26-10-8-25(9-11-26)13-18-19(23)2-1-3-20(18)24/h1-7,16-17H,8-13H2. The first kappa shape index (κ1) is 18.7. The molecule has 2 aliphatic rings. The molecule has 0 radical (unpaired) electrons. The predicted molar refractivity (Wildman–Crippen MR) is 106 cm³/mol. The van der Waals surface area contributed by atoms with E-state index in [0.29, 0.717) is 41.2 Å². The monoisotopic (exact) mass is 406 g/mol. The average molecular weight is 407 g/mol. The highest BCUT2D eigenvalue weighted by atomic mass is 35.5. The Hall–Kier alpha value is -1.62. The van der Waals surface area contributed by atoms with Crippen molar-refractivity contribution >= 4 is 29.1 Å². The summed E-state index contributed by atoms with van der Waals surface area (Å²) >= 11 is 12.1. The molecule has 1 saturated heterocycles. The Kier molecular flexibility index (Phi) is 5.40. The van der Waals surface area contributed by atoms with Gasteiger partial charge in [-0.2, -0.15) is 0 Å². The molecule has 2 atom stereocenters. The van der Waals surface area contributed by atoms with Crippen LogP contribution in [0.5, 0.6) is 0 Å². The van der Waals surface area contributed by atoms with Crippen LogP contribution >= 0.6 is 23.2 Å². The number of benzene rings is 2. The molecule has 4 rings (SSSR count). The van der Waals surface area contributed by atoms with Crippen LogP contribution in [0.2, 0.25) is 10.0 Å². The lowest BCUT2D eigenvalue weighted by Gasteiger charge is -2.35. The van der Waals surface area contributed by atoms with Gasteiger partial charge in [-0.05, 0) is 42.2 Å². The summed E-state index contributed by atoms with van der Waals surface area (Å²) in [7, 11) is 0. The largest absolute Gasteiger partial charge is 0.340 e. The molecule has 2 unspecified atom stereocenters. The molecule has 1 heterocycles. The maximum absolute atomic E-state index is 14.0. The first-order chi connectivity index (χ1) is 13.0. The van der Waals surface area contributed by atoms with Gasteiger partial charge in [0, 0.05) is 54.3 Å². The third-order valence-electron chi connectivity index (χ3n) is 5.53. The van der Waals surface area contributed by atoms with Crippen LogP contribution in [-0.2, 0) is 11.3 Å². The quantitative estimate of drug-likeness (QED) is 0.741. The lowest BCUT2D eigenvalue weighted by Crippen LogP contribution is -2.49. The first-order valence-corrected chi connectivity index (χ1v) is 9.98. The van der Waals surface area contributed by atoms with E-state index in [4.69, 9.17) is 23.2 Å². The van der Waals surface area contributed by atoms with Crippen LogP contribution in [0.25, 0.3) is 0 Å². The van der Waals surface area contributed by atoms with Gasteiger partial charge in [0.25, 0.3) is 0 Å². The van der Waals surface area contributed by atoms with Crippen LogP contribution in [0.15, 0.2) is 42.5 Å². The molecule has 1 aliphatic heterocycles. The molecule has 1 aliphatic carbocycles. The summed E-state index contributed by atoms with van der Waals surface area (Å²) < 4.78 is 14.0. The Morgan fingerprint density at radius 3 is 2.41 bits per heavy atom. The predicted octanol–water partition coefficient (Wildman–Crippen LogP) is 4.58. The average Bonchev–Trinajstić information content (AvgIpc) is 3.46. The lowest BCUT2D eigenvalue weighted by atomic mass is 10.1. The number of nitrogens with zero attached hydrogens (tertiary/aromatic N) is 2. The first-order valence-electron chi connectivity index (χ1n) is 9.22. The highest BCUT2D eigenvalue weighted by molar-refractivity contribution is 6.31. The summed E-state index contributed by atoms with van der Waals surface area (Å²) in [6.07, 6.45) is 0.908. The maximum Gasteiger partial charge on any atom is 0.226 e. The third-order valence-corrected chi connectivity index (χ3v) is 6.14. The van der Waals surface area contributed by atoms with Crippen molar-refractivity contribution in [3.8, 4) is 0 Å². The van der Waals surface area contributed by atoms with E-state index < -0.39 is 0 Å². The number of hydrogen-bond donors (Lipinski definition) is 0. The van der Waals surface area contributed by atoms with Gasteiger partial charge in [0.05, 0.1) is 0 Å². The molecular formula is C21H21Cl2FN2O. The van der Waals surface area contributed by atoms with Gasteiger partial charge < -0.3 is 4.90 Å². The minimum Gasteiger partial charge on any atom is -0.340 e. The minimum absolute atomic E-state index is 0.0822. The Morgan fingerprint density at radius 1 is 1.04 bits per heavy atom. The van der Waals surface area contributed by atoms with E-state index in [9.17, 15) is 9.18 Å². The van der Waals surface area contributed by atoms with Crippen LogP contribution in [0.3, 0.4) is 0 Å². The summed E-state index contributed by atoms with van der Waals surface area (Å²) in [5.41, 5.74) is 1.72. The van der Waals surface area contributed by atoms with Crippen molar-refractivity contribution < 1.29 is 9.18 Å². The number of rotatable bonds is 4. The van der Waals surface area contributed by atoms with Crippen molar-refractivity contribution in [3.05, 3.63) is 69.5 Å². The molecule has 1 saturated carbocycles. The number of carbonyl (C=O) groups is 1. The number of carbonyl (C=O) groups excluding carboxylic acids is 1. The van der Waals surface area contributed by atoms with Gasteiger partial charge in [0.2, 0.25) is 5.91 Å². The molecule has 6 heteroatoms. The van der Waals surface area contributed by atoms with E-state index in [0.717, 1.165) is 19.5 Å². The molecule has 1 amide bonds. The summed E-state index contributed by atoms with van der Waals surface area (Å²) in [5, 5.41) is 1.17. The Morgan fingerprint density at radius 2 is 1.74 bits per heavy atom. The smallest absolute Gasteiger partial charge is 0.226 e. The SMILES string of the molecule is O=C(C1CC1c1ccc(Cl)cc1)N1CCN(Cc2c(F)cccc2Cl)CC1. The second kappa shape index (κ2) is 7.78. The second-order valence-corrected chi connectivity index (χ2v) is 8.15. The fourth-order valence-corrected chi connectivity index (χ4v) is 4.16. The zero-order valence-corrected chi connectivity index (χ0v) is 16.4. The summed E-state index contributed by atoms with van der Waals surface area (Å²) in [6.45, 7) is 3.29. The summed E-state index contributed by atoms with van der Waals surface area (Å²) in [6, 6.07) is 12.5. The number of amides is 1. The fraction of sp³-hybridized carbons (Fsp3) is 0.381. The van der Waals surface area contributed by atoms with Gasteiger partial charge in [-0.1, -0.05) is 41.4 Å². The van der Waals surface area contributed by atoms with Crippen LogP contribution in [0, 0.1) is 11.7 Å². The van der Waals surface area contributed by atoms with E-state index in [1.807, 2.05) is 29.2 Å². The van der Waals surface area contributed by atoms with Crippen LogP contribution < -0.4 is 0 Å². The van der Waals surface area contributed by atoms with Crippen molar-refractivity contribution in [2.75, 3.05) is 26.2 Å². The van der Waals surface area contributed by atoms with Gasteiger partial charge >= 0.3 is 0 Å². The van der Waals surface area contributed by atoms with Gasteiger partial charge in [0.1, 0.15) is 5.82 Å². The number of halogens is 3. The molecule has 2 fully saturated rings. The number of hydrogen-bond acceptors (Lipinski definition) is 2. The molecule has 2 aromatic carbocycles. The molecule has 3 nitrogen and oxygen atoms in total. The van der Waals surface area contributed by atoms with Crippen molar-refractivity contribution in [3.63, 3.8) is 0 Å². The lowest BCUT2D eigenvalue weighted by molar-refractivity contribution is -0.134. The maximum atomic E-state index is 14.0. The topological polar surface area (TPSA) is 23.6 Å². The molecule has 0 N–H and O–H groups in total. The molecule has 142 valence electrons. The van der Waals surface area contributed by atoms with Gasteiger partial charge in [-0.3, -0.25) is 9.69 Å². The van der Waals surface area contributed by atoms with Crippen molar-refractivity contribution in [1.29, 1.82) is 0 Å². The minimum atomic E-state index is -0.273. The summed E-state index contributed by atoms with van der Waals surface area (Å²) in [4.78, 5) is 16.9. The molecule has 0 aromatic heterocycles. The summed E-state index contributed by atoms with van der Waals surface area (Å²) in [5.74, 6) is 0.354. The zero-order chi connectivity index (χ0) is 19.0. The van der Waals surface area contributed by atoms with E-state index >= 15 is 0 Å². The normalized spacial score (nSPS) is 22.7. The van der Waals surface area contributed by atoms with Gasteiger partial charge in [-0.25, -0.2) is 4.39 Å². The van der Waals surface area contributed by atoms with Crippen molar-refractivity contribution in [2.45, 2.75) is 18.9 Å². The molecule has 0 bridgehead atoms. The van der Waals surface area contributed by atoms with E-state index in [1.54, 1.807) is 12.1 Å². The van der Waals surface area contributed by atoms with Crippen molar-refractivity contribution in [2.24, 2.45) is 5.92 Å². The highest BCUT2D eigenvalue weighted by Crippen LogP contribution is 2.48. The second-order valence-electron chi connectivity index (χ2n) is 7.30. The Balaban J connectivity index is 1.31. The zero-order valence-electron chi connectivity index (χ0n) is 14.9. The van der Waals surface area contributed by atoms with E-state index in [-0.39, 0.29) is 17.6 Å². The van der Waals surface area contributed by atoms with Gasteiger partial charge in [0.15, 0.2) is 0 Å². The third kappa shape index (κ3) is 4.13. The van der Waals surface area contributed by atoms with Crippen molar-refractivity contribution in [1.82, 2.24) is 9.80 Å². The van der Waals surface area contributed by atoms with Crippen LogP contribution in [0.4, 0.5) is 4.39 Å². The molecular weight excluding hydrogens is 386 g/mol. The van der Waals surface area contributed by atoms with Crippen LogP contribution in [-0.4, -0.2) is 41.9 Å². The van der Waals surface area contributed by atoms with Crippen LogP contribution in [0.1, 0.15) is 23.5 Å². The molecule has 27 heavy (non-hydrogen) atoms. The van der Waals surface area contributed by atoms with E-state index in [2.05, 4.69) is 4.90 Å². The molecule has 2 aromatic rings. The molecule has 0 spiro atoms.